The number of hydrogen-bond donors (Lipinski definition) is 0. The summed E-state index contributed by atoms with van der Waals surface area (Å²) in [4.78, 5) is 12.2. The van der Waals surface area contributed by atoms with Gasteiger partial charge in [0.25, 0.3) is 0 Å². The van der Waals surface area contributed by atoms with Crippen molar-refractivity contribution in [3.8, 4) is 0 Å². The third-order valence-electron chi connectivity index (χ3n) is 2.87. The van der Waals surface area contributed by atoms with E-state index >= 15 is 0 Å². The molecule has 0 bridgehead atoms. The average Bonchev–Trinajstić information content (AvgIpc) is 2.42. The van der Waals surface area contributed by atoms with Crippen LogP contribution in [0, 0.1) is 0 Å². The first-order valence-corrected chi connectivity index (χ1v) is 5.94. The van der Waals surface area contributed by atoms with E-state index in [0.29, 0.717) is 0 Å². The van der Waals surface area contributed by atoms with Gasteiger partial charge >= 0.3 is 0 Å². The highest BCUT2D eigenvalue weighted by Crippen LogP contribution is 2.25. The molecule has 2 rings (SSSR count). The van der Waals surface area contributed by atoms with Crippen molar-refractivity contribution in [1.82, 2.24) is 0 Å². The second-order valence-corrected chi connectivity index (χ2v) is 4.15. The van der Waals surface area contributed by atoms with Crippen molar-refractivity contribution < 1.29 is 9.53 Å². The molecule has 0 saturated carbocycles. The van der Waals surface area contributed by atoms with Crippen molar-refractivity contribution in [3.63, 3.8) is 0 Å². The van der Waals surface area contributed by atoms with Gasteiger partial charge in [-0.15, -0.1) is 0 Å². The maximum atomic E-state index is 12.2. The average molecular weight is 240 g/mol. The van der Waals surface area contributed by atoms with E-state index in [-0.39, 0.29) is 18.3 Å². The minimum Gasteiger partial charge on any atom is -0.377 e. The second-order valence-electron chi connectivity index (χ2n) is 4.15. The van der Waals surface area contributed by atoms with E-state index in [0.717, 1.165) is 11.1 Å². The van der Waals surface area contributed by atoms with Gasteiger partial charge in [-0.3, -0.25) is 4.79 Å². The summed E-state index contributed by atoms with van der Waals surface area (Å²) in [5, 5.41) is 0. The monoisotopic (exact) mass is 240 g/mol. The van der Waals surface area contributed by atoms with E-state index in [1.54, 1.807) is 7.11 Å². The summed E-state index contributed by atoms with van der Waals surface area (Å²) < 4.78 is 4.98. The van der Waals surface area contributed by atoms with E-state index in [2.05, 4.69) is 0 Å². The zero-order valence-electron chi connectivity index (χ0n) is 10.4. The molecule has 2 nitrogen and oxygen atoms in total. The van der Waals surface area contributed by atoms with Crippen molar-refractivity contribution in [3.05, 3.63) is 71.8 Å². The fraction of sp³-hybridized carbons (Fsp3) is 0.188. The maximum absolute atomic E-state index is 12.2. The lowest BCUT2D eigenvalue weighted by Crippen LogP contribution is -2.18. The predicted octanol–water partition coefficient (Wildman–Crippen LogP) is 3.03. The normalized spacial score (nSPS) is 10.6. The van der Waals surface area contributed by atoms with Crippen molar-refractivity contribution in [2.45, 2.75) is 5.92 Å². The van der Waals surface area contributed by atoms with Crippen LogP contribution >= 0.6 is 0 Å². The van der Waals surface area contributed by atoms with Gasteiger partial charge in [-0.05, 0) is 11.1 Å². The summed E-state index contributed by atoms with van der Waals surface area (Å²) in [7, 11) is 1.55. The number of carbonyl (C=O) groups is 1. The third-order valence-corrected chi connectivity index (χ3v) is 2.87. The van der Waals surface area contributed by atoms with Gasteiger partial charge in [0.2, 0.25) is 0 Å². The molecule has 0 amide bonds. The van der Waals surface area contributed by atoms with Gasteiger partial charge in [0, 0.05) is 7.11 Å². The Hall–Kier alpha value is -1.93. The largest absolute Gasteiger partial charge is 0.377 e. The van der Waals surface area contributed by atoms with Crippen molar-refractivity contribution in [1.29, 1.82) is 0 Å². The van der Waals surface area contributed by atoms with Crippen LogP contribution in [-0.2, 0) is 9.53 Å². The van der Waals surface area contributed by atoms with E-state index in [4.69, 9.17) is 4.74 Å². The minimum absolute atomic E-state index is 0.0786. The molecular formula is C16H16O2. The molecule has 0 saturated heterocycles. The second kappa shape index (κ2) is 6.12. The number of ketones is 1. The lowest BCUT2D eigenvalue weighted by atomic mass is 9.88. The Morgan fingerprint density at radius 1 is 0.944 bits per heavy atom. The molecule has 0 fully saturated rings. The SMILES string of the molecule is COCC(=O)C(c1ccccc1)c1ccccc1. The van der Waals surface area contributed by atoms with Gasteiger partial charge in [0.1, 0.15) is 6.61 Å². The number of benzene rings is 2. The maximum Gasteiger partial charge on any atom is 0.170 e. The molecule has 92 valence electrons. The number of hydrogen-bond acceptors (Lipinski definition) is 2. The standard InChI is InChI=1S/C16H16O2/c1-18-12-15(17)16(13-8-4-2-5-9-13)14-10-6-3-7-11-14/h2-11,16H,12H2,1H3. The van der Waals surface area contributed by atoms with E-state index < -0.39 is 0 Å². The van der Waals surface area contributed by atoms with Gasteiger partial charge in [0.05, 0.1) is 5.92 Å². The van der Waals surface area contributed by atoms with Crippen LogP contribution in [0.25, 0.3) is 0 Å². The molecule has 0 aromatic heterocycles. The molecule has 0 radical (unpaired) electrons. The van der Waals surface area contributed by atoms with Crippen molar-refractivity contribution in [2.24, 2.45) is 0 Å². The highest BCUT2D eigenvalue weighted by Gasteiger charge is 2.21. The van der Waals surface area contributed by atoms with E-state index in [9.17, 15) is 4.79 Å². The van der Waals surface area contributed by atoms with E-state index in [1.807, 2.05) is 60.7 Å². The first kappa shape index (κ1) is 12.5. The Morgan fingerprint density at radius 3 is 1.78 bits per heavy atom. The summed E-state index contributed by atoms with van der Waals surface area (Å²) in [5.41, 5.74) is 2.01. The number of methoxy groups -OCH3 is 1. The first-order valence-electron chi connectivity index (χ1n) is 5.94. The molecule has 0 unspecified atom stereocenters. The van der Waals surface area contributed by atoms with Crippen LogP contribution in [-0.4, -0.2) is 19.5 Å². The quantitative estimate of drug-likeness (QED) is 0.803. The van der Waals surface area contributed by atoms with Gasteiger partial charge in [-0.2, -0.15) is 0 Å². The fourth-order valence-corrected chi connectivity index (χ4v) is 2.08. The molecule has 2 aromatic rings. The molecule has 0 heterocycles. The first-order chi connectivity index (χ1) is 8.83. The lowest BCUT2D eigenvalue weighted by Gasteiger charge is -2.16. The Balaban J connectivity index is 2.38. The summed E-state index contributed by atoms with van der Waals surface area (Å²) in [6.07, 6.45) is 0. The molecule has 0 N–H and O–H groups in total. The molecule has 0 aliphatic heterocycles. The number of carbonyl (C=O) groups excluding carboxylic acids is 1. The number of Topliss-reactive ketones (excluding diaryl/α,β-unsaturated/α-hetero) is 1. The lowest BCUT2D eigenvalue weighted by molar-refractivity contribution is -0.123. The molecule has 0 atom stereocenters. The minimum atomic E-state index is -0.243. The molecule has 2 heteroatoms. The van der Waals surface area contributed by atoms with Crippen LogP contribution in [0.15, 0.2) is 60.7 Å². The zero-order chi connectivity index (χ0) is 12.8. The van der Waals surface area contributed by atoms with Crippen molar-refractivity contribution >= 4 is 5.78 Å². The third kappa shape index (κ3) is 2.84. The van der Waals surface area contributed by atoms with Gasteiger partial charge < -0.3 is 4.74 Å². The Bertz CT molecular complexity index is 452. The molecule has 0 aliphatic rings. The van der Waals surface area contributed by atoms with Crippen LogP contribution in [0.3, 0.4) is 0 Å². The highest BCUT2D eigenvalue weighted by atomic mass is 16.5. The topological polar surface area (TPSA) is 26.3 Å². The number of ether oxygens (including phenoxy) is 1. The Morgan fingerprint density at radius 2 is 1.39 bits per heavy atom. The predicted molar refractivity (Wildman–Crippen MR) is 71.6 cm³/mol. The van der Waals surface area contributed by atoms with Gasteiger partial charge in [0.15, 0.2) is 5.78 Å². The van der Waals surface area contributed by atoms with Crippen LogP contribution in [0.2, 0.25) is 0 Å². The van der Waals surface area contributed by atoms with Crippen LogP contribution in [0.1, 0.15) is 17.0 Å². The Kier molecular flexibility index (Phi) is 4.26. The summed E-state index contributed by atoms with van der Waals surface area (Å²) in [6.45, 7) is 0.133. The van der Waals surface area contributed by atoms with Gasteiger partial charge in [-0.25, -0.2) is 0 Å². The summed E-state index contributed by atoms with van der Waals surface area (Å²) >= 11 is 0. The van der Waals surface area contributed by atoms with Crippen LogP contribution in [0.4, 0.5) is 0 Å². The smallest absolute Gasteiger partial charge is 0.170 e. The Labute approximate surface area is 107 Å². The fourth-order valence-electron chi connectivity index (χ4n) is 2.08. The van der Waals surface area contributed by atoms with Crippen LogP contribution in [0.5, 0.6) is 0 Å². The van der Waals surface area contributed by atoms with Crippen molar-refractivity contribution in [2.75, 3.05) is 13.7 Å². The summed E-state index contributed by atoms with van der Waals surface area (Å²) in [5.74, 6) is -0.165. The molecule has 0 spiro atoms. The molecule has 2 aromatic carbocycles. The number of rotatable bonds is 5. The summed E-state index contributed by atoms with van der Waals surface area (Å²) in [6, 6.07) is 19.6. The molecule has 18 heavy (non-hydrogen) atoms. The van der Waals surface area contributed by atoms with E-state index in [1.165, 1.54) is 0 Å². The zero-order valence-corrected chi connectivity index (χ0v) is 10.4. The highest BCUT2D eigenvalue weighted by molar-refractivity contribution is 5.90. The van der Waals surface area contributed by atoms with Crippen LogP contribution < -0.4 is 0 Å². The molecule has 0 aliphatic carbocycles. The molecular weight excluding hydrogens is 224 g/mol. The van der Waals surface area contributed by atoms with Gasteiger partial charge in [-0.1, -0.05) is 60.7 Å².